The van der Waals surface area contributed by atoms with E-state index in [0.29, 0.717) is 31.3 Å². The van der Waals surface area contributed by atoms with Gasteiger partial charge in [-0.25, -0.2) is 0 Å². The second kappa shape index (κ2) is 6.63. The van der Waals surface area contributed by atoms with Gasteiger partial charge in [0.2, 0.25) is 5.89 Å². The summed E-state index contributed by atoms with van der Waals surface area (Å²) in [4.78, 5) is 17.3. The first-order valence-electron chi connectivity index (χ1n) is 6.69. The molecular weight excluding hydrogens is 248 g/mol. The van der Waals surface area contributed by atoms with Crippen molar-refractivity contribution >= 4 is 5.97 Å². The van der Waals surface area contributed by atoms with Gasteiger partial charge in [-0.2, -0.15) is 4.98 Å². The number of aryl methyl sites for hydroxylation is 1. The van der Waals surface area contributed by atoms with Gasteiger partial charge in [-0.05, 0) is 6.42 Å². The van der Waals surface area contributed by atoms with Gasteiger partial charge < -0.3 is 14.9 Å². The Morgan fingerprint density at radius 1 is 1.63 bits per heavy atom. The molecule has 1 aromatic heterocycles. The molecule has 19 heavy (non-hydrogen) atoms. The van der Waals surface area contributed by atoms with Gasteiger partial charge in [0.15, 0.2) is 5.82 Å². The average molecular weight is 268 g/mol. The lowest BCUT2D eigenvalue weighted by atomic mass is 10.2. The van der Waals surface area contributed by atoms with Crippen molar-refractivity contribution < 1.29 is 14.4 Å². The quantitative estimate of drug-likeness (QED) is 0.765. The topological polar surface area (TPSA) is 91.5 Å². The third-order valence-electron chi connectivity index (χ3n) is 3.24. The van der Waals surface area contributed by atoms with Crippen molar-refractivity contribution in [2.45, 2.75) is 38.8 Å². The van der Waals surface area contributed by atoms with E-state index in [-0.39, 0.29) is 0 Å². The van der Waals surface area contributed by atoms with E-state index < -0.39 is 12.0 Å². The molecular formula is C12H20N4O3. The third-order valence-corrected chi connectivity index (χ3v) is 3.24. The van der Waals surface area contributed by atoms with Crippen molar-refractivity contribution in [3.05, 3.63) is 11.7 Å². The fourth-order valence-electron chi connectivity index (χ4n) is 2.14. The summed E-state index contributed by atoms with van der Waals surface area (Å²) < 4.78 is 5.18. The lowest BCUT2D eigenvalue weighted by Crippen LogP contribution is -2.54. The standard InChI is InChI=1S/C12H20N4O3/c1-2-3-4-10-14-11(19-15-10)8-16-6-5-13-7-9(16)12(17)18/h9,13H,2-8H2,1H3,(H,17,18). The van der Waals surface area contributed by atoms with E-state index in [9.17, 15) is 4.79 Å². The summed E-state index contributed by atoms with van der Waals surface area (Å²) in [6.45, 7) is 4.41. The van der Waals surface area contributed by atoms with Crippen molar-refractivity contribution in [2.24, 2.45) is 0 Å². The average Bonchev–Trinajstić information content (AvgIpc) is 2.84. The van der Waals surface area contributed by atoms with Crippen LogP contribution in [0.4, 0.5) is 0 Å². The first-order chi connectivity index (χ1) is 9.20. The molecule has 0 aliphatic carbocycles. The van der Waals surface area contributed by atoms with Crippen LogP contribution >= 0.6 is 0 Å². The highest BCUT2D eigenvalue weighted by molar-refractivity contribution is 5.73. The number of hydrogen-bond acceptors (Lipinski definition) is 6. The van der Waals surface area contributed by atoms with Crippen LogP contribution in [0.2, 0.25) is 0 Å². The van der Waals surface area contributed by atoms with Crippen LogP contribution in [0, 0.1) is 0 Å². The minimum Gasteiger partial charge on any atom is -0.480 e. The smallest absolute Gasteiger partial charge is 0.322 e. The summed E-state index contributed by atoms with van der Waals surface area (Å²) in [5.41, 5.74) is 0. The molecule has 7 heteroatoms. The monoisotopic (exact) mass is 268 g/mol. The lowest BCUT2D eigenvalue weighted by molar-refractivity contribution is -0.144. The van der Waals surface area contributed by atoms with Gasteiger partial charge in [0.25, 0.3) is 0 Å². The fourth-order valence-corrected chi connectivity index (χ4v) is 2.14. The first-order valence-corrected chi connectivity index (χ1v) is 6.69. The van der Waals surface area contributed by atoms with Crippen molar-refractivity contribution in [1.29, 1.82) is 0 Å². The number of aromatic nitrogens is 2. The molecule has 1 aromatic rings. The number of nitrogens with one attached hydrogen (secondary N) is 1. The molecule has 1 atom stereocenters. The Hall–Kier alpha value is -1.47. The molecule has 0 aromatic carbocycles. The van der Waals surface area contributed by atoms with Crippen LogP contribution in [-0.2, 0) is 17.8 Å². The molecule has 0 spiro atoms. The summed E-state index contributed by atoms with van der Waals surface area (Å²) >= 11 is 0. The Morgan fingerprint density at radius 3 is 3.21 bits per heavy atom. The Balaban J connectivity index is 1.94. The molecule has 0 amide bonds. The number of hydrogen-bond donors (Lipinski definition) is 2. The normalized spacial score (nSPS) is 20.6. The van der Waals surface area contributed by atoms with Gasteiger partial charge in [0, 0.05) is 26.1 Å². The zero-order valence-corrected chi connectivity index (χ0v) is 11.1. The van der Waals surface area contributed by atoms with Crippen LogP contribution < -0.4 is 5.32 Å². The number of rotatable bonds is 6. The van der Waals surface area contributed by atoms with Crippen LogP contribution in [0.25, 0.3) is 0 Å². The molecule has 2 rings (SSSR count). The Bertz CT molecular complexity index is 421. The number of piperazine rings is 1. The maximum absolute atomic E-state index is 11.2. The highest BCUT2D eigenvalue weighted by Gasteiger charge is 2.29. The SMILES string of the molecule is CCCCc1noc(CN2CCNCC2C(=O)O)n1. The summed E-state index contributed by atoms with van der Waals surface area (Å²) in [6.07, 6.45) is 2.93. The summed E-state index contributed by atoms with van der Waals surface area (Å²) in [5, 5.41) is 16.1. The molecule has 1 saturated heterocycles. The second-order valence-corrected chi connectivity index (χ2v) is 4.74. The molecule has 7 nitrogen and oxygen atoms in total. The first kappa shape index (κ1) is 14.0. The molecule has 106 valence electrons. The molecule has 1 fully saturated rings. The van der Waals surface area contributed by atoms with E-state index in [1.165, 1.54) is 0 Å². The van der Waals surface area contributed by atoms with Crippen LogP contribution in [0.5, 0.6) is 0 Å². The molecule has 1 aliphatic rings. The third kappa shape index (κ3) is 3.74. The van der Waals surface area contributed by atoms with Crippen molar-refractivity contribution in [3.8, 4) is 0 Å². The number of unbranched alkanes of at least 4 members (excludes halogenated alkanes) is 1. The maximum atomic E-state index is 11.2. The van der Waals surface area contributed by atoms with Crippen molar-refractivity contribution in [3.63, 3.8) is 0 Å². The molecule has 1 unspecified atom stereocenters. The zero-order valence-electron chi connectivity index (χ0n) is 11.1. The van der Waals surface area contributed by atoms with E-state index in [0.717, 1.165) is 25.8 Å². The highest BCUT2D eigenvalue weighted by atomic mass is 16.5. The molecule has 1 aliphatic heterocycles. The van der Waals surface area contributed by atoms with E-state index >= 15 is 0 Å². The minimum atomic E-state index is -0.821. The van der Waals surface area contributed by atoms with Gasteiger partial charge in [0.1, 0.15) is 6.04 Å². The zero-order chi connectivity index (χ0) is 13.7. The molecule has 2 heterocycles. The predicted molar refractivity (Wildman–Crippen MR) is 67.6 cm³/mol. The van der Waals surface area contributed by atoms with Gasteiger partial charge >= 0.3 is 5.97 Å². The van der Waals surface area contributed by atoms with Crippen LogP contribution in [-0.4, -0.2) is 51.8 Å². The number of carboxylic acids is 1. The van der Waals surface area contributed by atoms with E-state index in [4.69, 9.17) is 9.63 Å². The van der Waals surface area contributed by atoms with Gasteiger partial charge in [0.05, 0.1) is 6.54 Å². The number of carboxylic acid groups (broad SMARTS) is 1. The van der Waals surface area contributed by atoms with Gasteiger partial charge in [-0.3, -0.25) is 9.69 Å². The van der Waals surface area contributed by atoms with Gasteiger partial charge in [-0.1, -0.05) is 18.5 Å². The fraction of sp³-hybridized carbons (Fsp3) is 0.750. The molecule has 2 N–H and O–H groups in total. The van der Waals surface area contributed by atoms with Crippen LogP contribution in [0.3, 0.4) is 0 Å². The Kier molecular flexibility index (Phi) is 4.86. The highest BCUT2D eigenvalue weighted by Crippen LogP contribution is 2.10. The van der Waals surface area contributed by atoms with Crippen molar-refractivity contribution in [1.82, 2.24) is 20.4 Å². The largest absolute Gasteiger partial charge is 0.480 e. The van der Waals surface area contributed by atoms with Crippen molar-refractivity contribution in [2.75, 3.05) is 19.6 Å². The molecule has 0 radical (unpaired) electrons. The minimum absolute atomic E-state index is 0.401. The Labute approximate surface area is 112 Å². The van der Waals surface area contributed by atoms with Crippen LogP contribution in [0.15, 0.2) is 4.52 Å². The van der Waals surface area contributed by atoms with E-state index in [1.807, 2.05) is 4.90 Å². The molecule has 0 bridgehead atoms. The number of aliphatic carboxylic acids is 1. The summed E-state index contributed by atoms with van der Waals surface area (Å²) in [6, 6.07) is -0.528. The number of carbonyl (C=O) groups is 1. The second-order valence-electron chi connectivity index (χ2n) is 4.74. The summed E-state index contributed by atoms with van der Waals surface area (Å²) in [5.74, 6) is 0.385. The Morgan fingerprint density at radius 2 is 2.47 bits per heavy atom. The number of nitrogens with zero attached hydrogens (tertiary/aromatic N) is 3. The van der Waals surface area contributed by atoms with E-state index in [1.54, 1.807) is 0 Å². The maximum Gasteiger partial charge on any atom is 0.322 e. The van der Waals surface area contributed by atoms with Gasteiger partial charge in [-0.15, -0.1) is 0 Å². The predicted octanol–water partition coefficient (Wildman–Crippen LogP) is 0.271. The molecule has 0 saturated carbocycles. The lowest BCUT2D eigenvalue weighted by Gasteiger charge is -2.32. The van der Waals surface area contributed by atoms with E-state index in [2.05, 4.69) is 22.4 Å². The summed E-state index contributed by atoms with van der Waals surface area (Å²) in [7, 11) is 0. The van der Waals surface area contributed by atoms with Crippen LogP contribution in [0.1, 0.15) is 31.5 Å².